The second kappa shape index (κ2) is 14.2. The van der Waals surface area contributed by atoms with Gasteiger partial charge in [-0.3, -0.25) is 19.6 Å². The van der Waals surface area contributed by atoms with Crippen LogP contribution in [-0.4, -0.2) is 109 Å². The van der Waals surface area contributed by atoms with E-state index in [1.165, 1.54) is 0 Å². The molecule has 8 rings (SSSR count). The van der Waals surface area contributed by atoms with Gasteiger partial charge in [0.05, 0.1) is 36.4 Å². The molecule has 0 aliphatic heterocycles. The molecule has 2 N–H and O–H groups in total. The van der Waals surface area contributed by atoms with Crippen LogP contribution >= 0.6 is 0 Å². The van der Waals surface area contributed by atoms with E-state index >= 15 is 0 Å². The van der Waals surface area contributed by atoms with Crippen molar-refractivity contribution in [2.24, 2.45) is 0 Å². The molecule has 0 bridgehead atoms. The smallest absolute Gasteiger partial charge is 0.199 e. The minimum absolute atomic E-state index is 0.0586. The molecule has 4 heterocycles. The molecule has 12 nitrogen and oxygen atoms in total. The number of methoxy groups -OCH3 is 2. The maximum Gasteiger partial charge on any atom is 0.199 e. The molecule has 268 valence electrons. The van der Waals surface area contributed by atoms with Crippen LogP contribution in [0.15, 0.2) is 73.3 Å². The summed E-state index contributed by atoms with van der Waals surface area (Å²) in [7, 11) is 7.47. The van der Waals surface area contributed by atoms with Crippen molar-refractivity contribution in [2.45, 2.75) is 6.42 Å². The minimum Gasteiger partial charge on any atom is -0.497 e. The number of fused-ring (bicyclic) bond motifs is 10. The zero-order valence-corrected chi connectivity index (χ0v) is 30.2. The average molecular weight is 709 g/mol. The van der Waals surface area contributed by atoms with E-state index in [9.17, 15) is 9.59 Å². The summed E-state index contributed by atoms with van der Waals surface area (Å²) < 4.78 is 10.9. The van der Waals surface area contributed by atoms with Gasteiger partial charge in [0.1, 0.15) is 23.1 Å². The maximum absolute atomic E-state index is 13.5. The quantitative estimate of drug-likeness (QED) is 0.142. The first-order valence-corrected chi connectivity index (χ1v) is 17.7. The second-order valence-electron chi connectivity index (χ2n) is 13.5. The molecule has 2 aliphatic carbocycles. The highest BCUT2D eigenvalue weighted by atomic mass is 16.5. The SMILES string of the molecule is COc1ccc2c3c(c(NCCN(C)CCCN(C)CCNc4nc5cc(OC)ccc5c5c4C(=O)c4cnccc4-5)nc2c1)C(=O)c1cnccc1-3. The molecule has 4 aromatic heterocycles. The van der Waals surface area contributed by atoms with E-state index in [0.717, 1.165) is 76.7 Å². The summed E-state index contributed by atoms with van der Waals surface area (Å²) >= 11 is 0. The van der Waals surface area contributed by atoms with Gasteiger partial charge in [0.15, 0.2) is 11.6 Å². The number of pyridine rings is 4. The van der Waals surface area contributed by atoms with E-state index in [2.05, 4.69) is 44.5 Å². The molecule has 12 heteroatoms. The van der Waals surface area contributed by atoms with Crippen LogP contribution in [0.1, 0.15) is 38.3 Å². The fourth-order valence-corrected chi connectivity index (χ4v) is 7.42. The van der Waals surface area contributed by atoms with E-state index in [4.69, 9.17) is 19.4 Å². The second-order valence-corrected chi connectivity index (χ2v) is 13.5. The fourth-order valence-electron chi connectivity index (χ4n) is 7.42. The summed E-state index contributed by atoms with van der Waals surface area (Å²) in [5, 5.41) is 8.75. The largest absolute Gasteiger partial charge is 0.497 e. The molecule has 0 saturated heterocycles. The normalized spacial score (nSPS) is 12.7. The lowest BCUT2D eigenvalue weighted by molar-refractivity contribution is 0.103. The number of hydrogen-bond acceptors (Lipinski definition) is 12. The molecular weight excluding hydrogens is 669 g/mol. The van der Waals surface area contributed by atoms with Gasteiger partial charge in [0, 0.05) is 96.1 Å². The summed E-state index contributed by atoms with van der Waals surface area (Å²) in [5.74, 6) is 2.47. The number of nitrogens with one attached hydrogen (secondary N) is 2. The number of carbonyl (C=O) groups excluding carboxylic acids is 2. The number of carbonyl (C=O) groups is 2. The van der Waals surface area contributed by atoms with Crippen molar-refractivity contribution in [2.75, 3.05) is 78.2 Å². The van der Waals surface area contributed by atoms with E-state index < -0.39 is 0 Å². The van der Waals surface area contributed by atoms with E-state index in [1.54, 1.807) is 39.0 Å². The third-order valence-electron chi connectivity index (χ3n) is 10.2. The van der Waals surface area contributed by atoms with Crippen molar-refractivity contribution in [3.8, 4) is 33.8 Å². The van der Waals surface area contributed by atoms with Gasteiger partial charge in [-0.1, -0.05) is 0 Å². The van der Waals surface area contributed by atoms with Gasteiger partial charge in [-0.25, -0.2) is 9.97 Å². The van der Waals surface area contributed by atoms with Crippen LogP contribution in [0.3, 0.4) is 0 Å². The lowest BCUT2D eigenvalue weighted by Crippen LogP contribution is -2.31. The van der Waals surface area contributed by atoms with Gasteiger partial charge < -0.3 is 29.9 Å². The lowest BCUT2D eigenvalue weighted by atomic mass is 10.0. The van der Waals surface area contributed by atoms with Crippen molar-refractivity contribution in [3.05, 3.63) is 95.6 Å². The van der Waals surface area contributed by atoms with Gasteiger partial charge in [-0.2, -0.15) is 0 Å². The predicted octanol–water partition coefficient (Wildman–Crippen LogP) is 5.79. The molecule has 0 fully saturated rings. The van der Waals surface area contributed by atoms with Crippen molar-refractivity contribution in [1.82, 2.24) is 29.7 Å². The number of nitrogens with zero attached hydrogens (tertiary/aromatic N) is 6. The van der Waals surface area contributed by atoms with Gasteiger partial charge in [0.2, 0.25) is 0 Å². The molecule has 53 heavy (non-hydrogen) atoms. The van der Waals surface area contributed by atoms with E-state index in [-0.39, 0.29) is 11.6 Å². The molecule has 2 aromatic carbocycles. The van der Waals surface area contributed by atoms with Crippen LogP contribution in [-0.2, 0) is 0 Å². The van der Waals surface area contributed by atoms with E-state index in [0.29, 0.717) is 58.5 Å². The fraction of sp³-hybridized carbons (Fsp3) is 0.268. The van der Waals surface area contributed by atoms with Crippen molar-refractivity contribution in [1.29, 1.82) is 0 Å². The third kappa shape index (κ3) is 6.19. The number of anilines is 2. The minimum atomic E-state index is -0.0586. The Bertz CT molecular complexity index is 2250. The first-order valence-electron chi connectivity index (χ1n) is 17.7. The molecule has 0 radical (unpaired) electrons. The first-order chi connectivity index (χ1) is 25.9. The molecule has 0 atom stereocenters. The Morgan fingerprint density at radius 2 is 1.04 bits per heavy atom. The highest BCUT2D eigenvalue weighted by Crippen LogP contribution is 2.45. The number of benzene rings is 2. The molecule has 0 unspecified atom stereocenters. The average Bonchev–Trinajstić information content (AvgIpc) is 3.65. The Kier molecular flexibility index (Phi) is 9.15. The van der Waals surface area contributed by atoms with Crippen molar-refractivity contribution in [3.63, 3.8) is 0 Å². The Hall–Kier alpha value is -5.98. The summed E-state index contributed by atoms with van der Waals surface area (Å²) in [6.07, 6.45) is 7.69. The Morgan fingerprint density at radius 1 is 0.585 bits per heavy atom. The number of hydrogen-bond donors (Lipinski definition) is 2. The molecule has 0 saturated carbocycles. The van der Waals surface area contributed by atoms with Gasteiger partial charge in [0.25, 0.3) is 0 Å². The van der Waals surface area contributed by atoms with Gasteiger partial charge in [-0.05, 0) is 81.1 Å². The standard InChI is InChI=1S/C41H40N8O4/c1-48(18-14-44-40-36-34(26-10-12-42-22-30(26)38(36)50)28-8-6-24(52-3)20-32(28)46-40)16-5-17-49(2)19-15-45-41-37-35(27-11-13-43-23-31(27)39(37)51)29-9-7-25(53-4)21-33(29)47-41/h6-13,20-23H,5,14-19H2,1-4H3,(H,44,46)(H,45,47). The van der Waals surface area contributed by atoms with E-state index in [1.807, 2.05) is 48.5 Å². The van der Waals surface area contributed by atoms with Crippen LogP contribution < -0.4 is 20.1 Å². The highest BCUT2D eigenvalue weighted by Gasteiger charge is 2.34. The first kappa shape index (κ1) is 34.1. The van der Waals surface area contributed by atoms with Crippen LogP contribution in [0.25, 0.3) is 44.1 Å². The van der Waals surface area contributed by atoms with Crippen LogP contribution in [0, 0.1) is 0 Å². The molecule has 2 aliphatic rings. The van der Waals surface area contributed by atoms with Crippen LogP contribution in [0.4, 0.5) is 11.6 Å². The Balaban J connectivity index is 0.866. The molecule has 6 aromatic rings. The van der Waals surface area contributed by atoms with Gasteiger partial charge >= 0.3 is 0 Å². The monoisotopic (exact) mass is 708 g/mol. The highest BCUT2D eigenvalue weighted by molar-refractivity contribution is 6.28. The Labute approximate surface area is 307 Å². The zero-order chi connectivity index (χ0) is 36.6. The Morgan fingerprint density at radius 3 is 1.47 bits per heavy atom. The summed E-state index contributed by atoms with van der Waals surface area (Å²) in [4.78, 5) is 49.8. The third-order valence-corrected chi connectivity index (χ3v) is 10.2. The van der Waals surface area contributed by atoms with Crippen molar-refractivity contribution >= 4 is 45.0 Å². The van der Waals surface area contributed by atoms with Gasteiger partial charge in [-0.15, -0.1) is 0 Å². The summed E-state index contributed by atoms with van der Waals surface area (Å²) in [6, 6.07) is 15.3. The summed E-state index contributed by atoms with van der Waals surface area (Å²) in [6.45, 7) is 4.60. The number of likely N-dealkylation sites (N-methyl/N-ethyl adjacent to an activating group) is 2. The van der Waals surface area contributed by atoms with Crippen LogP contribution in [0.5, 0.6) is 11.5 Å². The van der Waals surface area contributed by atoms with Crippen molar-refractivity contribution < 1.29 is 19.1 Å². The number of aromatic nitrogens is 4. The lowest BCUT2D eigenvalue weighted by Gasteiger charge is -2.21. The molecular formula is C41H40N8O4. The number of rotatable bonds is 14. The maximum atomic E-state index is 13.5. The zero-order valence-electron chi connectivity index (χ0n) is 30.2. The topological polar surface area (TPSA) is 135 Å². The molecule has 0 spiro atoms. The predicted molar refractivity (Wildman–Crippen MR) is 207 cm³/mol. The molecule has 0 amide bonds. The number of ether oxygens (including phenoxy) is 2. The van der Waals surface area contributed by atoms with Crippen LogP contribution in [0.2, 0.25) is 0 Å². The summed E-state index contributed by atoms with van der Waals surface area (Å²) in [5.41, 5.74) is 7.47. The number of ketones is 2.